The van der Waals surface area contributed by atoms with E-state index in [1.807, 2.05) is 73.1 Å². The van der Waals surface area contributed by atoms with Crippen LogP contribution in [0.25, 0.3) is 10.8 Å². The number of rotatable bonds is 9. The average Bonchev–Trinajstić information content (AvgIpc) is 3.41. The topological polar surface area (TPSA) is 103 Å². The second-order valence-electron chi connectivity index (χ2n) is 9.50. The predicted molar refractivity (Wildman–Crippen MR) is 155 cm³/mol. The van der Waals surface area contributed by atoms with Crippen LogP contribution in [0.4, 0.5) is 5.69 Å². The molecule has 1 saturated heterocycles. The SMILES string of the molecule is CSCC[C@H]1C(=O)NCCN1C(=O)c1cccc2cc(NCc3cncn3Cc3ccc(C#N)cc3)ccc12. The van der Waals surface area contributed by atoms with Gasteiger partial charge in [-0.1, -0.05) is 30.3 Å². The normalized spacial score (nSPS) is 15.1. The number of imidazole rings is 1. The molecular formula is C30H30N6O2S. The van der Waals surface area contributed by atoms with Gasteiger partial charge in [0.2, 0.25) is 5.91 Å². The molecule has 1 aromatic heterocycles. The lowest BCUT2D eigenvalue weighted by Gasteiger charge is -2.35. The Morgan fingerprint density at radius 1 is 1.21 bits per heavy atom. The average molecular weight is 539 g/mol. The number of amides is 2. The van der Waals surface area contributed by atoms with Crippen LogP contribution in [-0.2, 0) is 17.9 Å². The van der Waals surface area contributed by atoms with Gasteiger partial charge in [-0.2, -0.15) is 17.0 Å². The number of nitriles is 1. The van der Waals surface area contributed by atoms with Gasteiger partial charge in [-0.15, -0.1) is 0 Å². The zero-order valence-electron chi connectivity index (χ0n) is 21.8. The molecule has 2 N–H and O–H groups in total. The molecule has 8 nitrogen and oxygen atoms in total. The van der Waals surface area contributed by atoms with Gasteiger partial charge in [0, 0.05) is 37.1 Å². The van der Waals surface area contributed by atoms with Gasteiger partial charge in [-0.25, -0.2) is 4.98 Å². The van der Waals surface area contributed by atoms with E-state index in [9.17, 15) is 9.59 Å². The molecule has 39 heavy (non-hydrogen) atoms. The van der Waals surface area contributed by atoms with Crippen LogP contribution in [0.3, 0.4) is 0 Å². The fraction of sp³-hybridized carbons (Fsp3) is 0.267. The fourth-order valence-corrected chi connectivity index (χ4v) is 5.38. The van der Waals surface area contributed by atoms with Crippen molar-refractivity contribution >= 4 is 40.0 Å². The van der Waals surface area contributed by atoms with Crippen molar-refractivity contribution in [2.24, 2.45) is 0 Å². The van der Waals surface area contributed by atoms with Crippen LogP contribution in [0, 0.1) is 11.3 Å². The number of carbonyl (C=O) groups excluding carboxylic acids is 2. The number of aromatic nitrogens is 2. The smallest absolute Gasteiger partial charge is 0.255 e. The second-order valence-corrected chi connectivity index (χ2v) is 10.5. The van der Waals surface area contributed by atoms with E-state index < -0.39 is 6.04 Å². The van der Waals surface area contributed by atoms with Crippen molar-refractivity contribution in [2.75, 3.05) is 30.4 Å². The summed E-state index contributed by atoms with van der Waals surface area (Å²) in [4.78, 5) is 32.2. The maximum Gasteiger partial charge on any atom is 0.255 e. The lowest BCUT2D eigenvalue weighted by atomic mass is 10.0. The molecular weight excluding hydrogens is 508 g/mol. The number of hydrogen-bond acceptors (Lipinski definition) is 6. The van der Waals surface area contributed by atoms with Crippen LogP contribution in [0.1, 0.15) is 33.6 Å². The summed E-state index contributed by atoms with van der Waals surface area (Å²) in [7, 11) is 0. The Bertz CT molecular complexity index is 1520. The van der Waals surface area contributed by atoms with Crippen LogP contribution < -0.4 is 10.6 Å². The first-order valence-corrected chi connectivity index (χ1v) is 14.3. The summed E-state index contributed by atoms with van der Waals surface area (Å²) in [5.74, 6) is 0.640. The lowest BCUT2D eigenvalue weighted by Crippen LogP contribution is -2.57. The maximum atomic E-state index is 13.6. The third kappa shape index (κ3) is 5.91. The van der Waals surface area contributed by atoms with E-state index in [2.05, 4.69) is 26.3 Å². The fourth-order valence-electron chi connectivity index (χ4n) is 4.92. The highest BCUT2D eigenvalue weighted by atomic mass is 32.2. The van der Waals surface area contributed by atoms with Crippen molar-refractivity contribution < 1.29 is 9.59 Å². The van der Waals surface area contributed by atoms with Gasteiger partial charge in [-0.05, 0) is 65.1 Å². The molecule has 1 aliphatic rings. The van der Waals surface area contributed by atoms with Gasteiger partial charge >= 0.3 is 0 Å². The first-order chi connectivity index (χ1) is 19.1. The highest BCUT2D eigenvalue weighted by molar-refractivity contribution is 7.98. The molecule has 4 aromatic rings. The molecule has 3 aromatic carbocycles. The summed E-state index contributed by atoms with van der Waals surface area (Å²) >= 11 is 1.68. The Kier molecular flexibility index (Phi) is 8.13. The third-order valence-electron chi connectivity index (χ3n) is 7.01. The minimum Gasteiger partial charge on any atom is -0.379 e. The van der Waals surface area contributed by atoms with E-state index in [-0.39, 0.29) is 11.8 Å². The predicted octanol–water partition coefficient (Wildman–Crippen LogP) is 4.26. The van der Waals surface area contributed by atoms with Crippen LogP contribution >= 0.6 is 11.8 Å². The molecule has 2 amide bonds. The molecule has 0 unspecified atom stereocenters. The molecule has 0 saturated carbocycles. The van der Waals surface area contributed by atoms with Gasteiger partial charge in [0.15, 0.2) is 0 Å². The van der Waals surface area contributed by atoms with E-state index in [4.69, 9.17) is 5.26 Å². The van der Waals surface area contributed by atoms with E-state index in [0.29, 0.717) is 43.7 Å². The highest BCUT2D eigenvalue weighted by Gasteiger charge is 2.33. The zero-order chi connectivity index (χ0) is 27.2. The molecule has 0 radical (unpaired) electrons. The maximum absolute atomic E-state index is 13.6. The van der Waals surface area contributed by atoms with Crippen LogP contribution in [0.5, 0.6) is 0 Å². The number of nitrogens with zero attached hydrogens (tertiary/aromatic N) is 4. The van der Waals surface area contributed by atoms with Crippen molar-refractivity contribution in [2.45, 2.75) is 25.6 Å². The van der Waals surface area contributed by atoms with Crippen LogP contribution in [0.2, 0.25) is 0 Å². The number of fused-ring (bicyclic) bond motifs is 1. The molecule has 0 spiro atoms. The third-order valence-corrected chi connectivity index (χ3v) is 7.65. The molecule has 0 aliphatic carbocycles. The largest absolute Gasteiger partial charge is 0.379 e. The molecule has 1 atom stereocenters. The number of nitrogens with one attached hydrogen (secondary N) is 2. The molecule has 1 fully saturated rings. The van der Waals surface area contributed by atoms with Gasteiger partial charge in [0.25, 0.3) is 5.91 Å². The summed E-state index contributed by atoms with van der Waals surface area (Å²) in [6, 6.07) is 21.0. The Labute approximate surface area is 232 Å². The number of piperazine rings is 1. The number of carbonyl (C=O) groups is 2. The van der Waals surface area contributed by atoms with Crippen molar-refractivity contribution in [1.29, 1.82) is 5.26 Å². The molecule has 2 heterocycles. The Balaban J connectivity index is 1.30. The Morgan fingerprint density at radius 2 is 2.05 bits per heavy atom. The van der Waals surface area contributed by atoms with E-state index >= 15 is 0 Å². The zero-order valence-corrected chi connectivity index (χ0v) is 22.6. The minimum atomic E-state index is -0.441. The van der Waals surface area contributed by atoms with Gasteiger partial charge in [-0.3, -0.25) is 9.59 Å². The number of hydrogen-bond donors (Lipinski definition) is 2. The minimum absolute atomic E-state index is 0.0752. The molecule has 1 aliphatic heterocycles. The lowest BCUT2D eigenvalue weighted by molar-refractivity contribution is -0.127. The van der Waals surface area contributed by atoms with Gasteiger partial charge in [0.1, 0.15) is 6.04 Å². The standard InChI is InChI=1S/C30H30N6O2S/c1-39-14-11-28-29(37)33-12-13-36(28)30(38)27-4-2-3-23-15-24(9-10-26(23)27)34-18-25-17-32-20-35(25)19-22-7-5-21(16-31)6-8-22/h2-10,15,17,20,28,34H,11-14,18-19H2,1H3,(H,33,37)/t28-/m0/s1. The summed E-state index contributed by atoms with van der Waals surface area (Å²) in [6.07, 6.45) is 6.29. The van der Waals surface area contributed by atoms with Crippen molar-refractivity contribution in [1.82, 2.24) is 19.8 Å². The first-order valence-electron chi connectivity index (χ1n) is 12.9. The summed E-state index contributed by atoms with van der Waals surface area (Å²) < 4.78 is 2.08. The summed E-state index contributed by atoms with van der Waals surface area (Å²) in [5, 5.41) is 17.2. The molecule has 0 bridgehead atoms. The Hall–Kier alpha value is -4.29. The van der Waals surface area contributed by atoms with Crippen LogP contribution in [0.15, 0.2) is 73.2 Å². The van der Waals surface area contributed by atoms with Crippen molar-refractivity contribution in [3.8, 4) is 6.07 Å². The Morgan fingerprint density at radius 3 is 2.85 bits per heavy atom. The van der Waals surface area contributed by atoms with Crippen molar-refractivity contribution in [3.63, 3.8) is 0 Å². The summed E-state index contributed by atoms with van der Waals surface area (Å²) in [5.41, 5.74) is 4.32. The van der Waals surface area contributed by atoms with Gasteiger partial charge in [0.05, 0.1) is 30.2 Å². The highest BCUT2D eigenvalue weighted by Crippen LogP contribution is 2.26. The first kappa shape index (κ1) is 26.3. The second kappa shape index (κ2) is 12.0. The van der Waals surface area contributed by atoms with Gasteiger partial charge < -0.3 is 20.1 Å². The number of benzene rings is 3. The monoisotopic (exact) mass is 538 g/mol. The quantitative estimate of drug-likeness (QED) is 0.330. The van der Waals surface area contributed by atoms with Crippen LogP contribution in [-0.4, -0.2) is 57.4 Å². The molecule has 5 rings (SSSR count). The van der Waals surface area contributed by atoms with Crippen molar-refractivity contribution in [3.05, 3.63) is 95.6 Å². The number of anilines is 1. The molecule has 198 valence electrons. The van der Waals surface area contributed by atoms with E-state index in [1.54, 1.807) is 23.0 Å². The number of thioether (sulfide) groups is 1. The molecule has 9 heteroatoms. The summed E-state index contributed by atoms with van der Waals surface area (Å²) in [6.45, 7) is 2.23. The van der Waals surface area contributed by atoms with E-state index in [0.717, 1.165) is 33.5 Å². The van der Waals surface area contributed by atoms with E-state index in [1.165, 1.54) is 0 Å².